The number of pyridine rings is 1. The van der Waals surface area contributed by atoms with Crippen LogP contribution in [0.4, 0.5) is 5.69 Å². The van der Waals surface area contributed by atoms with Gasteiger partial charge in [0.1, 0.15) is 11.5 Å². The highest BCUT2D eigenvalue weighted by atomic mass is 35.5. The molecule has 0 unspecified atom stereocenters. The fraction of sp³-hybridized carbons (Fsp3) is 0.0526. The predicted molar refractivity (Wildman–Crippen MR) is 106 cm³/mol. The summed E-state index contributed by atoms with van der Waals surface area (Å²) in [5.74, 6) is 0.793. The van der Waals surface area contributed by atoms with E-state index < -0.39 is 10.0 Å². The number of ether oxygens (including phenoxy) is 1. The molecule has 2 aromatic carbocycles. The van der Waals surface area contributed by atoms with Crippen LogP contribution in [0.3, 0.4) is 0 Å². The number of hydrogen-bond donors (Lipinski definition) is 2. The summed E-state index contributed by atoms with van der Waals surface area (Å²) in [5.41, 5.74) is 1.11. The second-order valence-electron chi connectivity index (χ2n) is 5.88. The molecule has 0 spiro atoms. The minimum Gasteiger partial charge on any atom is -0.456 e. The lowest BCUT2D eigenvalue weighted by Gasteiger charge is -2.08. The summed E-state index contributed by atoms with van der Waals surface area (Å²) in [4.78, 5) is 16.1. The maximum atomic E-state index is 12.2. The number of halogens is 1. The molecule has 0 bridgehead atoms. The minimum absolute atomic E-state index is 0.0673. The van der Waals surface area contributed by atoms with Gasteiger partial charge < -0.3 is 10.1 Å². The summed E-state index contributed by atoms with van der Waals surface area (Å²) >= 11 is 5.87. The number of carbonyl (C=O) groups is 1. The number of benzene rings is 2. The van der Waals surface area contributed by atoms with Crippen molar-refractivity contribution in [3.63, 3.8) is 0 Å². The summed E-state index contributed by atoms with van der Waals surface area (Å²) in [6, 6.07) is 14.4. The standard InChI is InChI=1S/C19H16ClN3O4S/c20-14-9-17(12-22-11-14)27-16-6-4-13(5-7-16)8-19(24)23-15-2-1-3-18(10-15)28(21,25)26/h1-7,9-12H,8H2,(H,23,24)(H2,21,25,26). The van der Waals surface area contributed by atoms with E-state index in [9.17, 15) is 13.2 Å². The largest absolute Gasteiger partial charge is 0.456 e. The van der Waals surface area contributed by atoms with Crippen LogP contribution in [-0.4, -0.2) is 19.3 Å². The van der Waals surface area contributed by atoms with Crippen LogP contribution >= 0.6 is 11.6 Å². The minimum atomic E-state index is -3.83. The smallest absolute Gasteiger partial charge is 0.238 e. The molecule has 3 N–H and O–H groups in total. The summed E-state index contributed by atoms with van der Waals surface area (Å²) in [6.07, 6.45) is 3.16. The lowest BCUT2D eigenvalue weighted by atomic mass is 10.1. The van der Waals surface area contributed by atoms with E-state index in [-0.39, 0.29) is 17.2 Å². The molecule has 0 radical (unpaired) electrons. The fourth-order valence-corrected chi connectivity index (χ4v) is 3.12. The van der Waals surface area contributed by atoms with E-state index >= 15 is 0 Å². The zero-order chi connectivity index (χ0) is 20.1. The number of nitrogens with one attached hydrogen (secondary N) is 1. The summed E-state index contributed by atoms with van der Waals surface area (Å²) in [5, 5.41) is 8.21. The van der Waals surface area contributed by atoms with E-state index in [1.807, 2.05) is 0 Å². The van der Waals surface area contributed by atoms with Crippen molar-refractivity contribution in [2.75, 3.05) is 5.32 Å². The SMILES string of the molecule is NS(=O)(=O)c1cccc(NC(=O)Cc2ccc(Oc3cncc(Cl)c3)cc2)c1. The third-order valence-electron chi connectivity index (χ3n) is 3.65. The Kier molecular flexibility index (Phi) is 5.93. The molecule has 7 nitrogen and oxygen atoms in total. The first-order valence-corrected chi connectivity index (χ1v) is 10.0. The van der Waals surface area contributed by atoms with Crippen LogP contribution in [0.5, 0.6) is 11.5 Å². The predicted octanol–water partition coefficient (Wildman–Crippen LogP) is 3.36. The van der Waals surface area contributed by atoms with E-state index in [1.54, 1.807) is 42.6 Å². The number of sulfonamides is 1. The summed E-state index contributed by atoms with van der Waals surface area (Å²) in [6.45, 7) is 0. The molecule has 0 aliphatic rings. The number of nitrogens with two attached hydrogens (primary N) is 1. The highest BCUT2D eigenvalue weighted by Crippen LogP contribution is 2.23. The second kappa shape index (κ2) is 8.39. The van der Waals surface area contributed by atoms with E-state index in [1.165, 1.54) is 24.4 Å². The Bertz CT molecular complexity index is 1100. The maximum Gasteiger partial charge on any atom is 0.238 e. The van der Waals surface area contributed by atoms with Crippen LogP contribution in [0.25, 0.3) is 0 Å². The molecule has 0 fully saturated rings. The molecule has 0 saturated heterocycles. The third kappa shape index (κ3) is 5.53. The van der Waals surface area contributed by atoms with Crippen molar-refractivity contribution in [2.45, 2.75) is 11.3 Å². The number of anilines is 1. The summed E-state index contributed by atoms with van der Waals surface area (Å²) < 4.78 is 28.4. The van der Waals surface area contributed by atoms with Gasteiger partial charge in [-0.1, -0.05) is 29.8 Å². The number of amides is 1. The molecule has 0 aliphatic carbocycles. The molecule has 0 saturated carbocycles. The summed E-state index contributed by atoms with van der Waals surface area (Å²) in [7, 11) is -3.83. The van der Waals surface area contributed by atoms with E-state index in [0.717, 1.165) is 5.56 Å². The number of carbonyl (C=O) groups excluding carboxylic acids is 1. The maximum absolute atomic E-state index is 12.2. The Balaban J connectivity index is 1.62. The van der Waals surface area contributed by atoms with Crippen molar-refractivity contribution in [1.29, 1.82) is 0 Å². The van der Waals surface area contributed by atoms with Crippen molar-refractivity contribution in [3.05, 3.63) is 77.6 Å². The van der Waals surface area contributed by atoms with Gasteiger partial charge in [-0.05, 0) is 35.9 Å². The van der Waals surface area contributed by atoms with E-state index in [0.29, 0.717) is 22.2 Å². The zero-order valence-electron chi connectivity index (χ0n) is 14.5. The van der Waals surface area contributed by atoms with Gasteiger partial charge in [0, 0.05) is 18.0 Å². The van der Waals surface area contributed by atoms with Gasteiger partial charge in [0.15, 0.2) is 0 Å². The molecule has 144 valence electrons. The molecular weight excluding hydrogens is 402 g/mol. The van der Waals surface area contributed by atoms with Crippen molar-refractivity contribution in [2.24, 2.45) is 5.14 Å². The van der Waals surface area contributed by atoms with Gasteiger partial charge in [0.05, 0.1) is 22.5 Å². The third-order valence-corrected chi connectivity index (χ3v) is 4.77. The van der Waals surface area contributed by atoms with Gasteiger partial charge in [0.25, 0.3) is 0 Å². The number of rotatable bonds is 6. The molecule has 1 heterocycles. The van der Waals surface area contributed by atoms with Crippen LogP contribution in [0.1, 0.15) is 5.56 Å². The molecule has 1 aromatic heterocycles. The number of primary sulfonamides is 1. The average molecular weight is 418 g/mol. The van der Waals surface area contributed by atoms with Crippen LogP contribution < -0.4 is 15.2 Å². The molecular formula is C19H16ClN3O4S. The van der Waals surface area contributed by atoms with E-state index in [4.69, 9.17) is 21.5 Å². The fourth-order valence-electron chi connectivity index (χ4n) is 2.40. The quantitative estimate of drug-likeness (QED) is 0.638. The molecule has 0 atom stereocenters. The first-order chi connectivity index (χ1) is 13.3. The molecule has 9 heteroatoms. The van der Waals surface area contributed by atoms with Gasteiger partial charge in [-0.15, -0.1) is 0 Å². The lowest BCUT2D eigenvalue weighted by Crippen LogP contribution is -2.16. The normalized spacial score (nSPS) is 11.1. The molecule has 1 amide bonds. The van der Waals surface area contributed by atoms with Crippen molar-refractivity contribution < 1.29 is 17.9 Å². The molecule has 28 heavy (non-hydrogen) atoms. The van der Waals surface area contributed by atoms with Crippen molar-refractivity contribution in [1.82, 2.24) is 4.98 Å². The highest BCUT2D eigenvalue weighted by Gasteiger charge is 2.10. The van der Waals surface area contributed by atoms with Crippen molar-refractivity contribution >= 4 is 33.2 Å². The first-order valence-electron chi connectivity index (χ1n) is 8.10. The number of aromatic nitrogens is 1. The van der Waals surface area contributed by atoms with Crippen molar-refractivity contribution in [3.8, 4) is 11.5 Å². The van der Waals surface area contributed by atoms with Crippen LogP contribution in [0, 0.1) is 0 Å². The topological polar surface area (TPSA) is 111 Å². The first kappa shape index (κ1) is 19.8. The van der Waals surface area contributed by atoms with Crippen LogP contribution in [-0.2, 0) is 21.2 Å². The van der Waals surface area contributed by atoms with Gasteiger partial charge in [-0.2, -0.15) is 0 Å². The highest BCUT2D eigenvalue weighted by molar-refractivity contribution is 7.89. The molecule has 0 aliphatic heterocycles. The Morgan fingerprint density at radius 2 is 1.82 bits per heavy atom. The number of nitrogens with zero attached hydrogens (tertiary/aromatic N) is 1. The molecule has 3 rings (SSSR count). The van der Waals surface area contributed by atoms with Crippen LogP contribution in [0.2, 0.25) is 5.02 Å². The zero-order valence-corrected chi connectivity index (χ0v) is 16.1. The second-order valence-corrected chi connectivity index (χ2v) is 7.88. The van der Waals surface area contributed by atoms with Gasteiger partial charge in [-0.25, -0.2) is 13.6 Å². The van der Waals surface area contributed by atoms with E-state index in [2.05, 4.69) is 10.3 Å². The van der Waals surface area contributed by atoms with Crippen LogP contribution in [0.15, 0.2) is 71.9 Å². The van der Waals surface area contributed by atoms with Gasteiger partial charge >= 0.3 is 0 Å². The Morgan fingerprint density at radius 1 is 1.07 bits per heavy atom. The Hall–Kier alpha value is -2.94. The number of hydrogen-bond acceptors (Lipinski definition) is 5. The average Bonchev–Trinajstić information content (AvgIpc) is 2.63. The Morgan fingerprint density at radius 3 is 2.50 bits per heavy atom. The Labute approximate surface area is 167 Å². The lowest BCUT2D eigenvalue weighted by molar-refractivity contribution is -0.115. The molecule has 3 aromatic rings. The van der Waals surface area contributed by atoms with Gasteiger partial charge in [-0.3, -0.25) is 9.78 Å². The monoisotopic (exact) mass is 417 g/mol. The van der Waals surface area contributed by atoms with Gasteiger partial charge in [0.2, 0.25) is 15.9 Å².